The summed E-state index contributed by atoms with van der Waals surface area (Å²) in [4.78, 5) is 37.2. The van der Waals surface area contributed by atoms with Crippen LogP contribution in [0.15, 0.2) is 84.9 Å². The molecule has 0 N–H and O–H groups in total. The molecule has 0 bridgehead atoms. The van der Waals surface area contributed by atoms with Gasteiger partial charge in [0.25, 0.3) is 0 Å². The lowest BCUT2D eigenvalue weighted by Gasteiger charge is -2.20. The van der Waals surface area contributed by atoms with Gasteiger partial charge in [-0.25, -0.2) is 14.0 Å². The fraction of sp³-hybridized carbons (Fsp3) is 0.207. The number of fused-ring (bicyclic) bond motifs is 2. The first-order valence-corrected chi connectivity index (χ1v) is 12.7. The van der Waals surface area contributed by atoms with Crippen LogP contribution in [-0.4, -0.2) is 47.5 Å². The Balaban J connectivity index is 1.31. The first kappa shape index (κ1) is 24.8. The molecule has 1 fully saturated rings. The van der Waals surface area contributed by atoms with Gasteiger partial charge in [-0.3, -0.25) is 4.79 Å². The number of carbonyl (C=O) groups excluding carboxylic acids is 3. The van der Waals surface area contributed by atoms with Crippen LogP contribution in [0.4, 0.5) is 4.39 Å². The zero-order valence-corrected chi connectivity index (χ0v) is 20.7. The first-order valence-electron chi connectivity index (χ1n) is 11.7. The number of benzene rings is 4. The molecule has 1 unspecified atom stereocenters. The van der Waals surface area contributed by atoms with Crippen LogP contribution in [0.2, 0.25) is 0 Å². The second-order valence-electron chi connectivity index (χ2n) is 8.69. The molecule has 0 saturated carbocycles. The lowest BCUT2D eigenvalue weighted by atomic mass is 10.1. The molecule has 1 aliphatic rings. The Morgan fingerprint density at radius 3 is 1.86 bits per heavy atom. The van der Waals surface area contributed by atoms with Gasteiger partial charge in [-0.05, 0) is 45.8 Å². The Morgan fingerprint density at radius 2 is 1.30 bits per heavy atom. The van der Waals surface area contributed by atoms with Crippen molar-refractivity contribution in [3.8, 4) is 0 Å². The SMILES string of the molecule is CC(=O)OC1S[C@@H](COC(=O)c2ccc3ccccc3c2)[C@@H](OC(=O)c2ccc3ccccc3c2)[C@@H]1F. The highest BCUT2D eigenvalue weighted by molar-refractivity contribution is 8.00. The normalized spacial score (nSPS) is 21.0. The minimum atomic E-state index is -1.79. The maximum atomic E-state index is 15.3. The van der Waals surface area contributed by atoms with Crippen molar-refractivity contribution in [3.05, 3.63) is 96.1 Å². The highest BCUT2D eigenvalue weighted by Gasteiger charge is 2.49. The summed E-state index contributed by atoms with van der Waals surface area (Å²) in [5.41, 5.74) is -0.574. The van der Waals surface area contributed by atoms with Crippen LogP contribution in [-0.2, 0) is 19.0 Å². The van der Waals surface area contributed by atoms with Gasteiger partial charge in [0, 0.05) is 6.92 Å². The van der Waals surface area contributed by atoms with E-state index in [2.05, 4.69) is 0 Å². The molecule has 0 amide bonds. The fourth-order valence-corrected chi connectivity index (χ4v) is 5.63. The molecule has 8 heteroatoms. The van der Waals surface area contributed by atoms with Gasteiger partial charge in [0.05, 0.1) is 16.4 Å². The molecule has 4 atom stereocenters. The zero-order valence-electron chi connectivity index (χ0n) is 19.8. The molecule has 4 aromatic rings. The van der Waals surface area contributed by atoms with E-state index in [4.69, 9.17) is 14.2 Å². The first-order chi connectivity index (χ1) is 17.9. The average molecular weight is 519 g/mol. The fourth-order valence-electron chi connectivity index (χ4n) is 4.28. The number of esters is 3. The van der Waals surface area contributed by atoms with Crippen LogP contribution < -0.4 is 0 Å². The van der Waals surface area contributed by atoms with Gasteiger partial charge in [0.1, 0.15) is 6.61 Å². The quantitative estimate of drug-likeness (QED) is 0.239. The third-order valence-electron chi connectivity index (χ3n) is 6.12. The molecular formula is C29H23FO6S. The topological polar surface area (TPSA) is 78.9 Å². The van der Waals surface area contributed by atoms with Gasteiger partial charge in [-0.1, -0.05) is 60.7 Å². The maximum absolute atomic E-state index is 15.3. The monoisotopic (exact) mass is 518 g/mol. The Morgan fingerprint density at radius 1 is 0.757 bits per heavy atom. The van der Waals surface area contributed by atoms with E-state index in [-0.39, 0.29) is 12.2 Å². The summed E-state index contributed by atoms with van der Waals surface area (Å²) in [5, 5.41) is 2.89. The van der Waals surface area contributed by atoms with Crippen molar-refractivity contribution < 1.29 is 33.0 Å². The van der Waals surface area contributed by atoms with Gasteiger partial charge < -0.3 is 14.2 Å². The molecule has 5 rings (SSSR count). The third kappa shape index (κ3) is 5.44. The predicted molar refractivity (Wildman–Crippen MR) is 139 cm³/mol. The Hall–Kier alpha value is -3.91. The van der Waals surface area contributed by atoms with E-state index in [1.54, 1.807) is 30.3 Å². The van der Waals surface area contributed by atoms with Crippen LogP contribution in [0.1, 0.15) is 27.6 Å². The third-order valence-corrected chi connectivity index (χ3v) is 7.50. The molecule has 0 spiro atoms. The highest BCUT2D eigenvalue weighted by Crippen LogP contribution is 2.39. The molecule has 37 heavy (non-hydrogen) atoms. The average Bonchev–Trinajstić information content (AvgIpc) is 3.19. The minimum Gasteiger partial charge on any atom is -0.461 e. The highest BCUT2D eigenvalue weighted by atomic mass is 32.2. The molecule has 4 aromatic carbocycles. The Kier molecular flexibility index (Phi) is 7.10. The van der Waals surface area contributed by atoms with Crippen molar-refractivity contribution in [2.24, 2.45) is 0 Å². The maximum Gasteiger partial charge on any atom is 0.338 e. The predicted octanol–water partition coefficient (Wildman–Crippen LogP) is 5.72. The molecule has 0 aromatic heterocycles. The van der Waals surface area contributed by atoms with Gasteiger partial charge in [0.15, 0.2) is 17.7 Å². The summed E-state index contributed by atoms with van der Waals surface area (Å²) in [5.74, 6) is -1.96. The summed E-state index contributed by atoms with van der Waals surface area (Å²) in [7, 11) is 0. The van der Waals surface area contributed by atoms with E-state index >= 15 is 4.39 Å². The second-order valence-corrected chi connectivity index (χ2v) is 10.0. The van der Waals surface area contributed by atoms with E-state index in [0.717, 1.165) is 33.3 Å². The van der Waals surface area contributed by atoms with Crippen LogP contribution in [0.5, 0.6) is 0 Å². The standard InChI is InChI=1S/C29H23FO6S/c1-17(31)35-29-25(30)26(36-28(33)23-13-11-19-7-3-5-9-21(19)15-23)24(37-29)16-34-27(32)22-12-10-18-6-2-4-8-20(18)14-22/h2-15,24-26,29H,16H2,1H3/t24-,25-,26+,29?/m0/s1. The van der Waals surface area contributed by atoms with E-state index in [1.165, 1.54) is 6.92 Å². The molecule has 1 saturated heterocycles. The largest absolute Gasteiger partial charge is 0.461 e. The Labute approximate surface area is 216 Å². The lowest BCUT2D eigenvalue weighted by Crippen LogP contribution is -2.37. The number of hydrogen-bond donors (Lipinski definition) is 0. The van der Waals surface area contributed by atoms with Gasteiger partial charge in [-0.15, -0.1) is 11.8 Å². The number of carbonyl (C=O) groups is 3. The molecule has 188 valence electrons. The zero-order chi connectivity index (χ0) is 25.9. The summed E-state index contributed by atoms with van der Waals surface area (Å²) >= 11 is 0.962. The van der Waals surface area contributed by atoms with Crippen molar-refractivity contribution in [2.75, 3.05) is 6.61 Å². The molecule has 0 radical (unpaired) electrons. The van der Waals surface area contributed by atoms with E-state index < -0.39 is 40.9 Å². The molecule has 1 heterocycles. The van der Waals surface area contributed by atoms with E-state index in [0.29, 0.717) is 5.56 Å². The molecule has 1 aliphatic heterocycles. The van der Waals surface area contributed by atoms with Gasteiger partial charge in [-0.2, -0.15) is 0 Å². The molecule has 0 aliphatic carbocycles. The summed E-state index contributed by atoms with van der Waals surface area (Å²) in [6.07, 6.45) is -3.07. The van der Waals surface area contributed by atoms with Crippen molar-refractivity contribution in [1.29, 1.82) is 0 Å². The van der Waals surface area contributed by atoms with E-state index in [1.807, 2.05) is 54.6 Å². The molecular weight excluding hydrogens is 495 g/mol. The van der Waals surface area contributed by atoms with Crippen LogP contribution in [0.25, 0.3) is 21.5 Å². The molecule has 6 nitrogen and oxygen atoms in total. The summed E-state index contributed by atoms with van der Waals surface area (Å²) < 4.78 is 31.4. The summed E-state index contributed by atoms with van der Waals surface area (Å²) in [6, 6.07) is 25.4. The van der Waals surface area contributed by atoms with Crippen LogP contribution in [0, 0.1) is 0 Å². The van der Waals surface area contributed by atoms with Crippen molar-refractivity contribution in [2.45, 2.75) is 29.9 Å². The number of halogens is 1. The number of hydrogen-bond acceptors (Lipinski definition) is 7. The summed E-state index contributed by atoms with van der Waals surface area (Å²) in [6.45, 7) is 0.945. The van der Waals surface area contributed by atoms with Gasteiger partial charge >= 0.3 is 17.9 Å². The second kappa shape index (κ2) is 10.6. The Bertz CT molecular complexity index is 1490. The van der Waals surface area contributed by atoms with E-state index in [9.17, 15) is 14.4 Å². The van der Waals surface area contributed by atoms with Crippen molar-refractivity contribution in [1.82, 2.24) is 0 Å². The van der Waals surface area contributed by atoms with Crippen molar-refractivity contribution >= 4 is 51.2 Å². The lowest BCUT2D eigenvalue weighted by molar-refractivity contribution is -0.145. The number of rotatable bonds is 6. The smallest absolute Gasteiger partial charge is 0.338 e. The number of thioether (sulfide) groups is 1. The number of alkyl halides is 1. The number of ether oxygens (including phenoxy) is 3. The van der Waals surface area contributed by atoms with Crippen LogP contribution in [0.3, 0.4) is 0 Å². The minimum absolute atomic E-state index is 0.232. The van der Waals surface area contributed by atoms with Crippen molar-refractivity contribution in [3.63, 3.8) is 0 Å². The van der Waals surface area contributed by atoms with Crippen LogP contribution >= 0.6 is 11.8 Å². The van der Waals surface area contributed by atoms with Gasteiger partial charge in [0.2, 0.25) is 0 Å².